The van der Waals surface area contributed by atoms with Gasteiger partial charge in [-0.1, -0.05) is 6.58 Å². The number of carbonyl (C=O) groups excluding carboxylic acids is 2. The standard InChI is InChI=1S/C4H6O5.C4H6O2.Na/c5-2(4(8)9)1-3(6)7;1-3-4(5)6-2;/h2,5H,1H2,(H,6,7)(H,8,9);3H,1H2,2H3;/q;;+1/p-1. The zero-order valence-corrected chi connectivity index (χ0v) is 11.0. The predicted octanol–water partition coefficient (Wildman–Crippen LogP) is -5.08. The molecule has 0 saturated heterocycles. The number of aliphatic hydroxyl groups is 1. The molecule has 0 aliphatic heterocycles. The minimum atomic E-state index is -1.90. The van der Waals surface area contributed by atoms with E-state index in [2.05, 4.69) is 11.3 Å². The number of hydrogen-bond acceptors (Lipinski definition) is 6. The number of ether oxygens (including phenoxy) is 1. The van der Waals surface area contributed by atoms with E-state index in [1.807, 2.05) is 0 Å². The van der Waals surface area contributed by atoms with Crippen molar-refractivity contribution in [1.29, 1.82) is 0 Å². The monoisotopic (exact) mass is 242 g/mol. The summed E-state index contributed by atoms with van der Waals surface area (Å²) in [6.45, 7) is 3.16. The van der Waals surface area contributed by atoms with Crippen LogP contribution in [0.25, 0.3) is 0 Å². The molecule has 0 heterocycles. The molecule has 16 heavy (non-hydrogen) atoms. The molecule has 1 atom stereocenters. The fourth-order valence-electron chi connectivity index (χ4n) is 0.332. The molecule has 8 heteroatoms. The summed E-state index contributed by atoms with van der Waals surface area (Å²) in [5.74, 6) is -3.53. The maximum Gasteiger partial charge on any atom is 1.00 e. The molecule has 86 valence electrons. The van der Waals surface area contributed by atoms with Crippen LogP contribution < -0.4 is 34.7 Å². The van der Waals surface area contributed by atoms with Gasteiger partial charge in [-0.15, -0.1) is 0 Å². The first-order valence-electron chi connectivity index (χ1n) is 3.66. The third-order valence-corrected chi connectivity index (χ3v) is 1.01. The van der Waals surface area contributed by atoms with Gasteiger partial charge in [0.05, 0.1) is 19.5 Å². The molecule has 0 spiro atoms. The summed E-state index contributed by atoms with van der Waals surface area (Å²) in [7, 11) is 1.31. The van der Waals surface area contributed by atoms with E-state index < -0.39 is 30.4 Å². The summed E-state index contributed by atoms with van der Waals surface area (Å²) in [6.07, 6.45) is -1.61. The first kappa shape index (κ1) is 20.5. The quantitative estimate of drug-likeness (QED) is 0.287. The first-order chi connectivity index (χ1) is 6.84. The molecule has 1 unspecified atom stereocenters. The van der Waals surface area contributed by atoms with Crippen molar-refractivity contribution in [2.45, 2.75) is 12.5 Å². The molecule has 0 radical (unpaired) electrons. The number of methoxy groups -OCH3 is 1. The van der Waals surface area contributed by atoms with E-state index >= 15 is 0 Å². The molecule has 0 rings (SSSR count). The topological polar surface area (TPSA) is 124 Å². The predicted molar refractivity (Wildman–Crippen MR) is 45.5 cm³/mol. The number of carbonyl (C=O) groups is 3. The second-order valence-electron chi connectivity index (χ2n) is 2.16. The Morgan fingerprint density at radius 2 is 1.94 bits per heavy atom. The average molecular weight is 242 g/mol. The first-order valence-corrected chi connectivity index (χ1v) is 3.66. The third kappa shape index (κ3) is 15.6. The Morgan fingerprint density at radius 3 is 2.00 bits per heavy atom. The van der Waals surface area contributed by atoms with Gasteiger partial charge >= 0.3 is 41.5 Å². The van der Waals surface area contributed by atoms with Crippen LogP contribution in [0.15, 0.2) is 12.7 Å². The van der Waals surface area contributed by atoms with Crippen LogP contribution in [-0.4, -0.2) is 41.3 Å². The van der Waals surface area contributed by atoms with Crippen LogP contribution >= 0.6 is 0 Å². The minimum absolute atomic E-state index is 0. The summed E-state index contributed by atoms with van der Waals surface area (Å²) in [5, 5.41) is 25.7. The summed E-state index contributed by atoms with van der Waals surface area (Å²) in [4.78, 5) is 29.1. The second kappa shape index (κ2) is 12.2. The number of carboxylic acid groups (broad SMARTS) is 2. The molecule has 0 fully saturated rings. The summed E-state index contributed by atoms with van der Waals surface area (Å²) in [6, 6.07) is 0. The Kier molecular flexibility index (Phi) is 15.6. The van der Waals surface area contributed by atoms with Crippen LogP contribution in [0, 0.1) is 0 Å². The van der Waals surface area contributed by atoms with Crippen LogP contribution in [0.3, 0.4) is 0 Å². The van der Waals surface area contributed by atoms with Crippen LogP contribution in [0.5, 0.6) is 0 Å². The van der Waals surface area contributed by atoms with E-state index in [1.165, 1.54) is 7.11 Å². The number of aliphatic carboxylic acids is 2. The van der Waals surface area contributed by atoms with E-state index in [4.69, 9.17) is 10.2 Å². The van der Waals surface area contributed by atoms with Crippen LogP contribution in [0.1, 0.15) is 6.42 Å². The summed E-state index contributed by atoms with van der Waals surface area (Å²) < 4.78 is 4.14. The number of rotatable bonds is 4. The van der Waals surface area contributed by atoms with Gasteiger partial charge in [-0.3, -0.25) is 4.79 Å². The maximum absolute atomic E-state index is 9.84. The van der Waals surface area contributed by atoms with Gasteiger partial charge < -0.3 is 24.9 Å². The Hall–Kier alpha value is -0.890. The van der Waals surface area contributed by atoms with Crippen LogP contribution in [-0.2, 0) is 19.1 Å². The van der Waals surface area contributed by atoms with E-state index in [1.54, 1.807) is 0 Å². The molecule has 7 nitrogen and oxygen atoms in total. The molecule has 0 aromatic rings. The number of aliphatic hydroxyl groups excluding tert-OH is 1. The van der Waals surface area contributed by atoms with Gasteiger partial charge in [0.15, 0.2) is 0 Å². The van der Waals surface area contributed by atoms with Gasteiger partial charge in [-0.2, -0.15) is 0 Å². The average Bonchev–Trinajstić information content (AvgIpc) is 2.16. The number of hydrogen-bond donors (Lipinski definition) is 2. The van der Waals surface area contributed by atoms with Crippen molar-refractivity contribution in [1.82, 2.24) is 0 Å². The largest absolute Gasteiger partial charge is 1.00 e. The molecule has 0 aliphatic carbocycles. The summed E-state index contributed by atoms with van der Waals surface area (Å²) in [5.41, 5.74) is 0. The molecule has 0 aliphatic rings. The zero-order valence-electron chi connectivity index (χ0n) is 9.00. The molecule has 0 aromatic heterocycles. The molecule has 2 N–H and O–H groups in total. The van der Waals surface area contributed by atoms with E-state index in [9.17, 15) is 19.5 Å². The SMILES string of the molecule is C=CC(=O)OC.O=C(O)CC(O)C(=O)[O-].[Na+]. The second-order valence-corrected chi connectivity index (χ2v) is 2.16. The maximum atomic E-state index is 9.84. The van der Waals surface area contributed by atoms with Crippen molar-refractivity contribution < 1.29 is 64.0 Å². The zero-order chi connectivity index (χ0) is 12.4. The van der Waals surface area contributed by atoms with Crippen molar-refractivity contribution in [2.75, 3.05) is 7.11 Å². The van der Waals surface area contributed by atoms with Crippen molar-refractivity contribution in [3.63, 3.8) is 0 Å². The Labute approximate surface area is 114 Å². The smallest absolute Gasteiger partial charge is 0.547 e. The van der Waals surface area contributed by atoms with Crippen LogP contribution in [0.2, 0.25) is 0 Å². The molecule has 0 bridgehead atoms. The van der Waals surface area contributed by atoms with E-state index in [-0.39, 0.29) is 29.6 Å². The third-order valence-electron chi connectivity index (χ3n) is 1.01. The fraction of sp³-hybridized carbons (Fsp3) is 0.375. The molecule has 0 aromatic carbocycles. The van der Waals surface area contributed by atoms with Crippen molar-refractivity contribution in [3.05, 3.63) is 12.7 Å². The van der Waals surface area contributed by atoms with Crippen molar-refractivity contribution in [2.24, 2.45) is 0 Å². The summed E-state index contributed by atoms with van der Waals surface area (Å²) >= 11 is 0. The minimum Gasteiger partial charge on any atom is -0.547 e. The van der Waals surface area contributed by atoms with Gasteiger partial charge in [0.2, 0.25) is 0 Å². The molecular formula is C8H11NaO7. The normalized spacial score (nSPS) is 9.62. The van der Waals surface area contributed by atoms with E-state index in [0.717, 1.165) is 6.08 Å². The van der Waals surface area contributed by atoms with Gasteiger partial charge in [-0.05, 0) is 0 Å². The van der Waals surface area contributed by atoms with Gasteiger partial charge in [-0.25, -0.2) is 4.79 Å². The van der Waals surface area contributed by atoms with E-state index in [0.29, 0.717) is 0 Å². The fourth-order valence-corrected chi connectivity index (χ4v) is 0.332. The molecule has 0 saturated carbocycles. The van der Waals surface area contributed by atoms with Crippen molar-refractivity contribution >= 4 is 17.9 Å². The Morgan fingerprint density at radius 1 is 1.50 bits per heavy atom. The van der Waals surface area contributed by atoms with Gasteiger partial charge in [0.25, 0.3) is 0 Å². The van der Waals surface area contributed by atoms with Gasteiger partial charge in [0, 0.05) is 6.08 Å². The molecular weight excluding hydrogens is 231 g/mol. The van der Waals surface area contributed by atoms with Gasteiger partial charge in [0.1, 0.15) is 6.10 Å². The number of esters is 1. The van der Waals surface area contributed by atoms with Crippen LogP contribution in [0.4, 0.5) is 0 Å². The number of carboxylic acids is 2. The molecule has 0 amide bonds. The van der Waals surface area contributed by atoms with Crippen molar-refractivity contribution in [3.8, 4) is 0 Å². The Bertz CT molecular complexity index is 251. The Balaban J connectivity index is -0.000000214.